The number of aromatic nitrogens is 3. The number of aryl methyl sites for hydroxylation is 2. The second kappa shape index (κ2) is 19.0. The summed E-state index contributed by atoms with van der Waals surface area (Å²) in [4.78, 5) is 13.5. The molecule has 0 radical (unpaired) electrons. The average molecular weight is 1180 g/mol. The molecule has 5 heterocycles. The SMILES string of the molecule is Cc1cccc(C)c1C1=C2C=CC=C3Oc4c([c-]c(-c5cc(-c6ccccc6)ccn5)cc4C(C)(C)C)B(c4nc(-c5cc(C(C)(C)C)cc(C(C)(C)C)c5O)n(-c5ccc(C(C)(C)C)cc5-c5ccccc5)c41)N32.[Pt]. The molecule has 0 spiro atoms. The van der Waals surface area contributed by atoms with Gasteiger partial charge in [-0.1, -0.05) is 197 Å². The fourth-order valence-corrected chi connectivity index (χ4v) is 11.2. The van der Waals surface area contributed by atoms with Crippen molar-refractivity contribution in [3.05, 3.63) is 214 Å². The summed E-state index contributed by atoms with van der Waals surface area (Å²) in [6.07, 6.45) is 8.35. The van der Waals surface area contributed by atoms with Crippen molar-refractivity contribution in [1.82, 2.24) is 19.3 Å². The van der Waals surface area contributed by atoms with Crippen molar-refractivity contribution in [1.29, 1.82) is 0 Å². The van der Waals surface area contributed by atoms with Crippen LogP contribution in [0.1, 0.15) is 128 Å². The number of nitrogens with zero attached hydrogens (tertiary/aromatic N) is 4. The number of hydrogen-bond acceptors (Lipinski definition) is 5. The van der Waals surface area contributed by atoms with Crippen molar-refractivity contribution >= 4 is 23.5 Å². The predicted molar refractivity (Wildman–Crippen MR) is 311 cm³/mol. The predicted octanol–water partition coefficient (Wildman–Crippen LogP) is 15.2. The van der Waals surface area contributed by atoms with E-state index in [9.17, 15) is 5.11 Å². The molecule has 386 valence electrons. The maximum Gasteiger partial charge on any atom is 0.338 e. The van der Waals surface area contributed by atoms with E-state index in [1.54, 1.807) is 0 Å². The van der Waals surface area contributed by atoms with Crippen molar-refractivity contribution in [2.45, 2.75) is 119 Å². The molecule has 8 heteroatoms. The quantitative estimate of drug-likeness (QED) is 0.133. The molecule has 8 aromatic rings. The number of hydrogen-bond donors (Lipinski definition) is 1. The summed E-state index contributed by atoms with van der Waals surface area (Å²) in [5.74, 6) is 2.38. The van der Waals surface area contributed by atoms with Gasteiger partial charge in [0.2, 0.25) is 0 Å². The maximum absolute atomic E-state index is 13.1. The minimum absolute atomic E-state index is 0. The number of phenols is 1. The molecule has 0 unspecified atom stereocenters. The van der Waals surface area contributed by atoms with Crippen LogP contribution in [0.3, 0.4) is 0 Å². The van der Waals surface area contributed by atoms with Crippen LogP contribution in [-0.2, 0) is 42.7 Å². The van der Waals surface area contributed by atoms with Gasteiger partial charge in [-0.05, 0) is 122 Å². The smallest absolute Gasteiger partial charge is 0.338 e. The van der Waals surface area contributed by atoms with E-state index in [1.807, 2.05) is 12.3 Å². The topological polar surface area (TPSA) is 63.4 Å². The normalized spacial score (nSPS) is 14.2. The summed E-state index contributed by atoms with van der Waals surface area (Å²) in [6.45, 7) is 30.8. The molecular formula is C68H68BN4O2Pt-. The van der Waals surface area contributed by atoms with Gasteiger partial charge >= 0.3 is 6.85 Å². The first kappa shape index (κ1) is 52.5. The second-order valence-corrected chi connectivity index (χ2v) is 24.9. The molecule has 6 nitrogen and oxygen atoms in total. The van der Waals surface area contributed by atoms with Gasteiger partial charge in [0.25, 0.3) is 0 Å². The van der Waals surface area contributed by atoms with Gasteiger partial charge in [-0.2, -0.15) is 0 Å². The Bertz CT molecular complexity index is 3690. The summed E-state index contributed by atoms with van der Waals surface area (Å²) in [6, 6.07) is 49.6. The Morgan fingerprint density at radius 3 is 1.88 bits per heavy atom. The standard InChI is InChI=1S/C68H68BN4O2.Pt/c1-41-23-21-24-42(2)58(41)59-56-29-22-30-57-73(56)69(53-36-46(35-52(62(53)75-57)68(12,13)14)54-37-45(33-34-70-54)43-25-17-15-18-26-43)63-60(59)72(55-32-31-47(65(3,4)5)38-49(55)44-27-19-16-20-28-44)64(71-63)50-39-48(66(6,7)8)40-51(61(50)74)67(9,10)11;/h15-35,37-40,74H,1-14H3;/q-1;. The Kier molecular flexibility index (Phi) is 13.1. The fourth-order valence-electron chi connectivity index (χ4n) is 11.2. The van der Waals surface area contributed by atoms with Crippen molar-refractivity contribution in [2.24, 2.45) is 0 Å². The summed E-state index contributed by atoms with van der Waals surface area (Å²) in [7, 11) is 0. The Balaban J connectivity index is 0.00000657. The molecule has 0 aliphatic carbocycles. The zero-order chi connectivity index (χ0) is 53.1. The van der Waals surface area contributed by atoms with Crippen LogP contribution in [0, 0.1) is 19.9 Å². The molecule has 3 aliphatic rings. The third-order valence-corrected chi connectivity index (χ3v) is 15.3. The molecule has 0 amide bonds. The molecule has 1 N–H and O–H groups in total. The first-order valence-electron chi connectivity index (χ1n) is 26.5. The number of allylic oxidation sites excluding steroid dienone is 3. The third kappa shape index (κ3) is 9.02. The minimum atomic E-state index is -0.509. The Morgan fingerprint density at radius 2 is 1.25 bits per heavy atom. The number of benzene rings is 6. The van der Waals surface area contributed by atoms with Gasteiger partial charge in [-0.25, -0.2) is 4.98 Å². The molecule has 2 aromatic heterocycles. The minimum Gasteiger partial charge on any atom is -0.507 e. The van der Waals surface area contributed by atoms with E-state index in [2.05, 4.69) is 252 Å². The summed E-state index contributed by atoms with van der Waals surface area (Å²) in [5.41, 5.74) is 19.0. The van der Waals surface area contributed by atoms with Gasteiger partial charge in [0.05, 0.1) is 22.5 Å². The van der Waals surface area contributed by atoms with Gasteiger partial charge in [-0.3, -0.25) is 4.57 Å². The van der Waals surface area contributed by atoms with Gasteiger partial charge in [0.15, 0.2) is 5.88 Å². The molecule has 0 bridgehead atoms. The van der Waals surface area contributed by atoms with Gasteiger partial charge in [-0.15, -0.1) is 17.7 Å². The van der Waals surface area contributed by atoms with Crippen LogP contribution in [0.25, 0.3) is 56.2 Å². The average Bonchev–Trinajstić information content (AvgIpc) is 3.80. The Labute approximate surface area is 465 Å². The maximum atomic E-state index is 13.1. The number of imidazole rings is 1. The molecule has 11 rings (SSSR count). The van der Waals surface area contributed by atoms with Crippen LogP contribution in [-0.4, -0.2) is 31.3 Å². The molecule has 0 saturated carbocycles. The molecule has 0 saturated heterocycles. The zero-order valence-corrected chi connectivity index (χ0v) is 48.7. The number of phenolic OH excluding ortho intramolecular Hbond substituents is 1. The van der Waals surface area contributed by atoms with Crippen molar-refractivity contribution in [2.75, 3.05) is 0 Å². The Hall–Kier alpha value is -6.95. The molecular weight excluding hydrogens is 1110 g/mol. The number of rotatable bonds is 6. The zero-order valence-electron chi connectivity index (χ0n) is 46.5. The van der Waals surface area contributed by atoms with E-state index < -0.39 is 12.3 Å². The summed E-state index contributed by atoms with van der Waals surface area (Å²) < 4.78 is 9.70. The Morgan fingerprint density at radius 1 is 0.618 bits per heavy atom. The van der Waals surface area contributed by atoms with Crippen LogP contribution in [0.4, 0.5) is 0 Å². The van der Waals surface area contributed by atoms with Crippen molar-refractivity contribution < 1.29 is 30.9 Å². The van der Waals surface area contributed by atoms with Gasteiger partial charge in [0.1, 0.15) is 11.6 Å². The number of pyridine rings is 1. The van der Waals surface area contributed by atoms with Crippen LogP contribution in [0.5, 0.6) is 11.5 Å². The molecule has 3 aliphatic heterocycles. The van der Waals surface area contributed by atoms with E-state index in [1.165, 1.54) is 5.56 Å². The number of ether oxygens (including phenoxy) is 1. The fraction of sp³-hybridized carbons (Fsp3) is 0.265. The number of fused-ring (bicyclic) bond motifs is 4. The number of aromatic hydroxyl groups is 1. The van der Waals surface area contributed by atoms with E-state index in [0.717, 1.165) is 112 Å². The molecule has 0 fully saturated rings. The largest absolute Gasteiger partial charge is 0.507 e. The first-order chi connectivity index (χ1) is 35.5. The van der Waals surface area contributed by atoms with Crippen LogP contribution in [0.2, 0.25) is 0 Å². The van der Waals surface area contributed by atoms with Crippen LogP contribution >= 0.6 is 0 Å². The van der Waals surface area contributed by atoms with Crippen LogP contribution < -0.4 is 15.8 Å². The van der Waals surface area contributed by atoms with Gasteiger partial charge in [0, 0.05) is 55.4 Å². The second-order valence-electron chi connectivity index (χ2n) is 24.9. The molecule has 6 aromatic carbocycles. The van der Waals surface area contributed by atoms with Gasteiger partial charge < -0.3 is 19.6 Å². The molecule has 76 heavy (non-hydrogen) atoms. The summed E-state index contributed by atoms with van der Waals surface area (Å²) >= 11 is 0. The van der Waals surface area contributed by atoms with Crippen molar-refractivity contribution in [3.63, 3.8) is 0 Å². The third-order valence-electron chi connectivity index (χ3n) is 15.3. The summed E-state index contributed by atoms with van der Waals surface area (Å²) in [5, 5.41) is 13.1. The van der Waals surface area contributed by atoms with E-state index in [4.69, 9.17) is 14.7 Å². The van der Waals surface area contributed by atoms with E-state index in [-0.39, 0.29) is 43.1 Å². The monoisotopic (exact) mass is 1180 g/mol. The van der Waals surface area contributed by atoms with E-state index >= 15 is 0 Å². The van der Waals surface area contributed by atoms with E-state index in [0.29, 0.717) is 11.4 Å². The van der Waals surface area contributed by atoms with Crippen molar-refractivity contribution in [3.8, 4) is 62.1 Å². The van der Waals surface area contributed by atoms with Crippen LogP contribution in [0.15, 0.2) is 163 Å². The first-order valence-corrected chi connectivity index (χ1v) is 26.5. The molecule has 0 atom stereocenters.